The smallest absolute Gasteiger partial charge is 0.294 e. The monoisotopic (exact) mass is 614 g/mol. The number of carbonyl (C=O) groups is 3. The highest BCUT2D eigenvalue weighted by Gasteiger charge is 2.36. The van der Waals surface area contributed by atoms with Crippen molar-refractivity contribution in [2.45, 2.75) is 13.5 Å². The van der Waals surface area contributed by atoms with Gasteiger partial charge in [-0.15, -0.1) is 0 Å². The zero-order valence-corrected chi connectivity index (χ0v) is 22.6. The van der Waals surface area contributed by atoms with E-state index in [-0.39, 0.29) is 11.4 Å². The lowest BCUT2D eigenvalue weighted by Crippen LogP contribution is -2.36. The number of benzene rings is 3. The number of carbonyl (C=O) groups excluding carboxylic acids is 3. The van der Waals surface area contributed by atoms with Gasteiger partial charge in [-0.05, 0) is 94.9 Å². The lowest BCUT2D eigenvalue weighted by Gasteiger charge is -2.12. The zero-order valence-electron chi connectivity index (χ0n) is 19.6. The van der Waals surface area contributed by atoms with Gasteiger partial charge < -0.3 is 14.8 Å². The summed E-state index contributed by atoms with van der Waals surface area (Å²) >= 11 is 3.00. The first kappa shape index (κ1) is 25.8. The van der Waals surface area contributed by atoms with Gasteiger partial charge >= 0.3 is 0 Å². The average molecular weight is 614 g/mol. The molecule has 0 saturated carbocycles. The summed E-state index contributed by atoms with van der Waals surface area (Å²) in [6.07, 6.45) is 1.65. The Morgan fingerprint density at radius 2 is 1.78 bits per heavy atom. The molecule has 9 heteroatoms. The maximum Gasteiger partial charge on any atom is 0.294 e. The molecule has 0 spiro atoms. The molecule has 3 aromatic carbocycles. The van der Waals surface area contributed by atoms with Crippen LogP contribution in [0, 0.1) is 10.5 Å². The van der Waals surface area contributed by atoms with Crippen molar-refractivity contribution >= 4 is 63.2 Å². The Morgan fingerprint density at radius 3 is 2.44 bits per heavy atom. The van der Waals surface area contributed by atoms with E-state index >= 15 is 0 Å². The van der Waals surface area contributed by atoms with E-state index in [0.717, 1.165) is 37.1 Å². The fourth-order valence-electron chi connectivity index (χ4n) is 3.38. The lowest BCUT2D eigenvalue weighted by molar-refractivity contribution is -0.127. The van der Waals surface area contributed by atoms with Crippen molar-refractivity contribution in [1.29, 1.82) is 0 Å². The minimum Gasteiger partial charge on any atom is -0.497 e. The highest BCUT2D eigenvalue weighted by molar-refractivity contribution is 14.1. The molecule has 0 bridgehead atoms. The molecule has 3 aromatic rings. The molecule has 1 fully saturated rings. The molecule has 3 amide bonds. The first-order valence-electron chi connectivity index (χ1n) is 11.0. The van der Waals surface area contributed by atoms with Crippen molar-refractivity contribution in [3.05, 3.63) is 91.9 Å². The molecule has 0 aromatic heterocycles. The second-order valence-electron chi connectivity index (χ2n) is 8.01. The van der Waals surface area contributed by atoms with Gasteiger partial charge in [-0.3, -0.25) is 19.3 Å². The highest BCUT2D eigenvalue weighted by Crippen LogP contribution is 2.33. The largest absolute Gasteiger partial charge is 0.497 e. The molecule has 184 valence electrons. The van der Waals surface area contributed by atoms with Crippen LogP contribution in [0.2, 0.25) is 0 Å². The molecule has 1 heterocycles. The summed E-state index contributed by atoms with van der Waals surface area (Å²) in [5.74, 6) is 0.430. The molecule has 7 nitrogen and oxygen atoms in total. The summed E-state index contributed by atoms with van der Waals surface area (Å²) in [6, 6.07) is 20.5. The Labute approximate surface area is 227 Å². The van der Waals surface area contributed by atoms with Gasteiger partial charge in [-0.1, -0.05) is 35.9 Å². The van der Waals surface area contributed by atoms with Gasteiger partial charge in [0, 0.05) is 5.69 Å². The maximum atomic E-state index is 12.8. The third-order valence-electron chi connectivity index (χ3n) is 5.32. The number of ether oxygens (including phenoxy) is 2. The van der Waals surface area contributed by atoms with Crippen molar-refractivity contribution in [2.75, 3.05) is 19.0 Å². The Morgan fingerprint density at radius 1 is 1.06 bits per heavy atom. The van der Waals surface area contributed by atoms with Crippen LogP contribution in [0.3, 0.4) is 0 Å². The first-order valence-corrected chi connectivity index (χ1v) is 12.9. The summed E-state index contributed by atoms with van der Waals surface area (Å²) in [6.45, 7) is 2.13. The predicted molar refractivity (Wildman–Crippen MR) is 149 cm³/mol. The summed E-state index contributed by atoms with van der Waals surface area (Å²) in [5, 5.41) is 2.20. The molecule has 0 aliphatic carbocycles. The van der Waals surface area contributed by atoms with E-state index in [9.17, 15) is 14.4 Å². The Bertz CT molecular complexity index is 1320. The predicted octanol–water partition coefficient (Wildman–Crippen LogP) is 5.86. The summed E-state index contributed by atoms with van der Waals surface area (Å²) in [7, 11) is 1.55. The molecule has 1 aliphatic heterocycles. The number of amides is 3. The van der Waals surface area contributed by atoms with Gasteiger partial charge in [0.25, 0.3) is 11.1 Å². The topological polar surface area (TPSA) is 84.9 Å². The molecule has 1 aliphatic rings. The Balaban J connectivity index is 1.38. The summed E-state index contributed by atoms with van der Waals surface area (Å²) in [5.41, 5.74) is 3.57. The van der Waals surface area contributed by atoms with E-state index in [1.807, 2.05) is 49.4 Å². The van der Waals surface area contributed by atoms with E-state index in [4.69, 9.17) is 9.47 Å². The number of thioether (sulfide) groups is 1. The highest BCUT2D eigenvalue weighted by atomic mass is 127. The third-order valence-corrected chi connectivity index (χ3v) is 7.07. The number of nitrogens with zero attached hydrogens (tertiary/aromatic N) is 1. The van der Waals surface area contributed by atoms with Gasteiger partial charge in [0.1, 0.15) is 24.7 Å². The number of aryl methyl sites for hydroxylation is 1. The van der Waals surface area contributed by atoms with Gasteiger partial charge in [-0.2, -0.15) is 0 Å². The molecule has 0 atom stereocenters. The SMILES string of the molecule is COc1ccc(NC(=O)CN2C(=O)S/C(=C/c3ccc(OCc4ccc(C)cc4)c(I)c3)C2=O)cc1. The van der Waals surface area contributed by atoms with Gasteiger partial charge in [0.15, 0.2) is 0 Å². The maximum absolute atomic E-state index is 12.8. The van der Waals surface area contributed by atoms with E-state index in [2.05, 4.69) is 27.9 Å². The summed E-state index contributed by atoms with van der Waals surface area (Å²) in [4.78, 5) is 38.9. The second-order valence-corrected chi connectivity index (χ2v) is 10.2. The minimum absolute atomic E-state index is 0.265. The van der Waals surface area contributed by atoms with E-state index in [0.29, 0.717) is 18.0 Å². The molecular weight excluding hydrogens is 591 g/mol. The molecule has 4 rings (SSSR count). The fourth-order valence-corrected chi connectivity index (χ4v) is 4.91. The van der Waals surface area contributed by atoms with Crippen LogP contribution in [0.25, 0.3) is 6.08 Å². The summed E-state index contributed by atoms with van der Waals surface area (Å²) < 4.78 is 11.9. The van der Waals surface area contributed by atoms with E-state index in [1.54, 1.807) is 37.5 Å². The molecule has 1 N–H and O–H groups in total. The van der Waals surface area contributed by atoms with Crippen LogP contribution >= 0.6 is 34.4 Å². The minimum atomic E-state index is -0.496. The Hall–Kier alpha value is -3.31. The van der Waals surface area contributed by atoms with Crippen LogP contribution in [-0.4, -0.2) is 35.6 Å². The van der Waals surface area contributed by atoms with Crippen molar-refractivity contribution in [3.8, 4) is 11.5 Å². The normalized spacial score (nSPS) is 14.3. The van der Waals surface area contributed by atoms with Crippen molar-refractivity contribution < 1.29 is 23.9 Å². The number of halogens is 1. The number of nitrogens with one attached hydrogen (secondary N) is 1. The van der Waals surface area contributed by atoms with Gasteiger partial charge in [0.2, 0.25) is 5.91 Å². The molecular formula is C27H23IN2O5S. The number of imide groups is 1. The van der Waals surface area contributed by atoms with E-state index < -0.39 is 17.1 Å². The zero-order chi connectivity index (χ0) is 25.7. The number of hydrogen-bond donors (Lipinski definition) is 1. The van der Waals surface area contributed by atoms with Gasteiger partial charge in [0.05, 0.1) is 15.6 Å². The Kier molecular flexibility index (Phi) is 8.32. The van der Waals surface area contributed by atoms with Crippen LogP contribution in [0.15, 0.2) is 71.6 Å². The van der Waals surface area contributed by atoms with Crippen molar-refractivity contribution in [2.24, 2.45) is 0 Å². The van der Waals surface area contributed by atoms with Crippen molar-refractivity contribution in [1.82, 2.24) is 4.90 Å². The van der Waals surface area contributed by atoms with E-state index in [1.165, 1.54) is 5.56 Å². The number of hydrogen-bond acceptors (Lipinski definition) is 6. The average Bonchev–Trinajstić information content (AvgIpc) is 3.12. The van der Waals surface area contributed by atoms with Crippen LogP contribution in [-0.2, 0) is 16.2 Å². The standard InChI is InChI=1S/C27H23IN2O5S/c1-17-3-5-18(6-4-17)16-35-23-12-7-19(13-22(23)28)14-24-26(32)30(27(33)36-24)15-25(31)29-20-8-10-21(34-2)11-9-20/h3-14H,15-16H2,1-2H3,(H,29,31)/b24-14+. The molecule has 1 saturated heterocycles. The van der Waals surface area contributed by atoms with Crippen LogP contribution in [0.4, 0.5) is 10.5 Å². The van der Waals surface area contributed by atoms with Crippen LogP contribution in [0.5, 0.6) is 11.5 Å². The molecule has 36 heavy (non-hydrogen) atoms. The first-order chi connectivity index (χ1) is 17.3. The van der Waals surface area contributed by atoms with Crippen LogP contribution < -0.4 is 14.8 Å². The number of anilines is 1. The second kappa shape index (κ2) is 11.6. The quantitative estimate of drug-likeness (QED) is 0.253. The fraction of sp³-hybridized carbons (Fsp3) is 0.148. The van der Waals surface area contributed by atoms with Crippen LogP contribution in [0.1, 0.15) is 16.7 Å². The molecule has 0 unspecified atom stereocenters. The van der Waals surface area contributed by atoms with Gasteiger partial charge in [-0.25, -0.2) is 0 Å². The third kappa shape index (κ3) is 6.46. The molecule has 0 radical (unpaired) electrons. The number of rotatable bonds is 8. The number of methoxy groups -OCH3 is 1. The van der Waals surface area contributed by atoms with Crippen molar-refractivity contribution in [3.63, 3.8) is 0 Å². The lowest BCUT2D eigenvalue weighted by atomic mass is 10.1.